The molecule has 3 amide bonds. The van der Waals surface area contributed by atoms with Crippen LogP contribution in [0.2, 0.25) is 0 Å². The minimum absolute atomic E-state index is 0.0497. The number of allylic oxidation sites excluding steroid dienone is 1. The molecule has 0 aromatic carbocycles. The molecule has 5 rings (SSSR count). The Hall–Kier alpha value is -3.20. The summed E-state index contributed by atoms with van der Waals surface area (Å²) in [6.07, 6.45) is 9.98. The number of anilines is 1. The highest BCUT2D eigenvalue weighted by Crippen LogP contribution is 2.40. The summed E-state index contributed by atoms with van der Waals surface area (Å²) in [5.41, 5.74) is 1.38. The Morgan fingerprint density at radius 2 is 1.97 bits per heavy atom. The Balaban J connectivity index is 1.31. The SMILES string of the molecule is O=C1NC2(CCN(C(=O)N3C=CC=NC3)CC2)Nc2cc(-c3ccncc3)sc21. The summed E-state index contributed by atoms with van der Waals surface area (Å²) in [5.74, 6) is -0.0582. The fraction of sp³-hybridized carbons (Fsp3) is 0.300. The van der Waals surface area contributed by atoms with E-state index < -0.39 is 5.66 Å². The molecule has 0 atom stereocenters. The largest absolute Gasteiger partial charge is 0.361 e. The van der Waals surface area contributed by atoms with Crippen LogP contribution in [0, 0.1) is 0 Å². The minimum atomic E-state index is -0.520. The van der Waals surface area contributed by atoms with Gasteiger partial charge in [0, 0.05) is 55.6 Å². The summed E-state index contributed by atoms with van der Waals surface area (Å²) in [7, 11) is 0. The molecule has 148 valence electrons. The van der Waals surface area contributed by atoms with Gasteiger partial charge in [0.05, 0.1) is 5.69 Å². The highest BCUT2D eigenvalue weighted by atomic mass is 32.1. The van der Waals surface area contributed by atoms with E-state index in [4.69, 9.17) is 0 Å². The van der Waals surface area contributed by atoms with Crippen molar-refractivity contribution in [3.8, 4) is 10.4 Å². The Morgan fingerprint density at radius 1 is 1.17 bits per heavy atom. The first-order valence-electron chi connectivity index (χ1n) is 9.51. The number of thiophene rings is 1. The van der Waals surface area contributed by atoms with E-state index in [-0.39, 0.29) is 11.9 Å². The molecule has 3 aliphatic heterocycles. The van der Waals surface area contributed by atoms with Crippen molar-refractivity contribution in [3.63, 3.8) is 0 Å². The van der Waals surface area contributed by atoms with Crippen molar-refractivity contribution >= 4 is 35.2 Å². The van der Waals surface area contributed by atoms with Gasteiger partial charge in [0.2, 0.25) is 0 Å². The minimum Gasteiger partial charge on any atom is -0.361 e. The predicted molar refractivity (Wildman–Crippen MR) is 112 cm³/mol. The van der Waals surface area contributed by atoms with Crippen molar-refractivity contribution in [2.45, 2.75) is 18.5 Å². The standard InChI is InChI=1S/C20H20N6O2S/c27-18-17-15(12-16(29-17)14-2-7-21-8-3-14)23-20(24-18)4-10-25(11-5-20)19(28)26-9-1-6-22-13-26/h1-3,6-9,12,23H,4-5,10-11,13H2,(H,24,27). The lowest BCUT2D eigenvalue weighted by Crippen LogP contribution is -2.63. The number of hydrogen-bond acceptors (Lipinski definition) is 6. The highest BCUT2D eigenvalue weighted by molar-refractivity contribution is 7.18. The number of aromatic nitrogens is 1. The van der Waals surface area contributed by atoms with Gasteiger partial charge in [0.15, 0.2) is 0 Å². The van der Waals surface area contributed by atoms with Gasteiger partial charge < -0.3 is 15.5 Å². The molecule has 0 saturated carbocycles. The Labute approximate surface area is 171 Å². The summed E-state index contributed by atoms with van der Waals surface area (Å²) < 4.78 is 0. The Kier molecular flexibility index (Phi) is 4.31. The van der Waals surface area contributed by atoms with Gasteiger partial charge in [-0.25, -0.2) is 4.79 Å². The molecule has 1 spiro atoms. The van der Waals surface area contributed by atoms with E-state index in [9.17, 15) is 9.59 Å². The van der Waals surface area contributed by atoms with Crippen molar-refractivity contribution in [1.29, 1.82) is 0 Å². The number of carbonyl (C=O) groups excluding carboxylic acids is 2. The second kappa shape index (κ2) is 7.00. The number of carbonyl (C=O) groups is 2. The van der Waals surface area contributed by atoms with Crippen LogP contribution in [0.4, 0.5) is 10.5 Å². The first-order chi connectivity index (χ1) is 14.1. The summed E-state index contributed by atoms with van der Waals surface area (Å²) in [4.78, 5) is 38.8. The molecule has 0 radical (unpaired) electrons. The molecule has 1 saturated heterocycles. The van der Waals surface area contributed by atoms with Gasteiger partial charge >= 0.3 is 6.03 Å². The topological polar surface area (TPSA) is 89.9 Å². The number of rotatable bonds is 1. The zero-order valence-corrected chi connectivity index (χ0v) is 16.5. The lowest BCUT2D eigenvalue weighted by Gasteiger charge is -2.45. The van der Waals surface area contributed by atoms with Gasteiger partial charge in [-0.15, -0.1) is 11.3 Å². The molecule has 29 heavy (non-hydrogen) atoms. The van der Waals surface area contributed by atoms with Crippen molar-refractivity contribution in [3.05, 3.63) is 47.7 Å². The normalized spacial score (nSPS) is 19.7. The van der Waals surface area contributed by atoms with E-state index in [1.54, 1.807) is 35.8 Å². The van der Waals surface area contributed by atoms with Crippen LogP contribution >= 0.6 is 11.3 Å². The third-order valence-corrected chi connectivity index (χ3v) is 6.64. The fourth-order valence-corrected chi connectivity index (χ4v) is 4.91. The zero-order valence-electron chi connectivity index (χ0n) is 15.7. The number of fused-ring (bicyclic) bond motifs is 1. The van der Waals surface area contributed by atoms with Gasteiger partial charge in [-0.2, -0.15) is 0 Å². The average molecular weight is 408 g/mol. The summed E-state index contributed by atoms with van der Waals surface area (Å²) in [6.45, 7) is 1.48. The predicted octanol–water partition coefficient (Wildman–Crippen LogP) is 2.74. The van der Waals surface area contributed by atoms with Crippen molar-refractivity contribution in [2.75, 3.05) is 25.1 Å². The van der Waals surface area contributed by atoms with E-state index >= 15 is 0 Å². The van der Waals surface area contributed by atoms with Gasteiger partial charge in [0.1, 0.15) is 17.2 Å². The van der Waals surface area contributed by atoms with E-state index in [0.717, 1.165) is 16.1 Å². The number of aliphatic imine (C=N–C) groups is 1. The van der Waals surface area contributed by atoms with Gasteiger partial charge in [-0.05, 0) is 29.8 Å². The average Bonchev–Trinajstić information content (AvgIpc) is 3.19. The van der Waals surface area contributed by atoms with E-state index in [1.165, 1.54) is 11.3 Å². The van der Waals surface area contributed by atoms with Crippen LogP contribution in [0.1, 0.15) is 22.5 Å². The molecular weight excluding hydrogens is 388 g/mol. The van der Waals surface area contributed by atoms with Crippen molar-refractivity contribution in [1.82, 2.24) is 20.1 Å². The van der Waals surface area contributed by atoms with Crippen molar-refractivity contribution in [2.24, 2.45) is 4.99 Å². The molecule has 2 N–H and O–H groups in total. The Morgan fingerprint density at radius 3 is 2.69 bits per heavy atom. The zero-order chi connectivity index (χ0) is 19.8. The van der Waals surface area contributed by atoms with Crippen LogP contribution in [0.5, 0.6) is 0 Å². The third kappa shape index (κ3) is 3.27. The van der Waals surface area contributed by atoms with Crippen LogP contribution in [0.15, 0.2) is 47.9 Å². The second-order valence-electron chi connectivity index (χ2n) is 7.30. The number of likely N-dealkylation sites (tertiary alicyclic amines) is 1. The van der Waals surface area contributed by atoms with Crippen LogP contribution in [-0.2, 0) is 0 Å². The van der Waals surface area contributed by atoms with Gasteiger partial charge in [0.25, 0.3) is 5.91 Å². The van der Waals surface area contributed by atoms with E-state index in [2.05, 4.69) is 20.6 Å². The van der Waals surface area contributed by atoms with Crippen LogP contribution in [-0.4, -0.2) is 58.4 Å². The molecule has 1 fully saturated rings. The van der Waals surface area contributed by atoms with Gasteiger partial charge in [-0.3, -0.25) is 19.7 Å². The molecule has 0 bridgehead atoms. The molecule has 8 nitrogen and oxygen atoms in total. The lowest BCUT2D eigenvalue weighted by atomic mass is 9.94. The molecule has 2 aromatic rings. The lowest BCUT2D eigenvalue weighted by molar-refractivity contribution is 0.0842. The number of nitrogens with zero attached hydrogens (tertiary/aromatic N) is 4. The first-order valence-corrected chi connectivity index (χ1v) is 10.3. The van der Waals surface area contributed by atoms with Crippen LogP contribution in [0.25, 0.3) is 10.4 Å². The van der Waals surface area contributed by atoms with Gasteiger partial charge in [-0.1, -0.05) is 0 Å². The number of urea groups is 1. The fourth-order valence-electron chi connectivity index (χ4n) is 3.90. The molecule has 0 aliphatic carbocycles. The maximum Gasteiger partial charge on any atom is 0.325 e. The maximum atomic E-state index is 12.8. The number of amides is 3. The molecule has 5 heterocycles. The smallest absolute Gasteiger partial charge is 0.325 e. The highest BCUT2D eigenvalue weighted by Gasteiger charge is 2.42. The first kappa shape index (κ1) is 17.9. The number of pyridine rings is 1. The third-order valence-electron chi connectivity index (χ3n) is 5.45. The second-order valence-corrected chi connectivity index (χ2v) is 8.36. The molecule has 2 aromatic heterocycles. The Bertz CT molecular complexity index is 1010. The summed E-state index contributed by atoms with van der Waals surface area (Å²) >= 11 is 1.47. The maximum absolute atomic E-state index is 12.8. The van der Waals surface area contributed by atoms with E-state index in [1.807, 2.05) is 23.1 Å². The molecule has 3 aliphatic rings. The summed E-state index contributed by atoms with van der Waals surface area (Å²) in [6, 6.07) is 5.86. The monoisotopic (exact) mass is 408 g/mol. The number of hydrogen-bond donors (Lipinski definition) is 2. The van der Waals surface area contributed by atoms with Crippen LogP contribution < -0.4 is 10.6 Å². The number of piperidine rings is 1. The molecule has 0 unspecified atom stereocenters. The van der Waals surface area contributed by atoms with E-state index in [0.29, 0.717) is 37.5 Å². The molecule has 9 heteroatoms. The quantitative estimate of drug-likeness (QED) is 0.759. The summed E-state index contributed by atoms with van der Waals surface area (Å²) in [5, 5.41) is 6.70. The van der Waals surface area contributed by atoms with Crippen molar-refractivity contribution < 1.29 is 9.59 Å². The van der Waals surface area contributed by atoms with Crippen LogP contribution in [0.3, 0.4) is 0 Å². The number of nitrogens with one attached hydrogen (secondary N) is 2. The molecular formula is C20H20N6O2S.